The molecule has 1 heterocycles. The fraction of sp³-hybridized carbons (Fsp3) is 0.526. The van der Waals surface area contributed by atoms with Gasteiger partial charge < -0.3 is 20.0 Å². The van der Waals surface area contributed by atoms with Gasteiger partial charge in [0, 0.05) is 33.0 Å². The lowest BCUT2D eigenvalue weighted by atomic mass is 10.0. The minimum atomic E-state index is -4.35. The zero-order valence-electron chi connectivity index (χ0n) is 15.6. The number of carboxylic acid groups (broad SMARTS) is 1. The topological polar surface area (TPSA) is 98.2 Å². The predicted molar refractivity (Wildman–Crippen MR) is 95.5 cm³/mol. The molecule has 2 atom stereocenters. The van der Waals surface area contributed by atoms with E-state index in [0.717, 1.165) is 10.5 Å². The zero-order valence-corrected chi connectivity index (χ0v) is 15.6. The van der Waals surface area contributed by atoms with E-state index in [1.54, 1.807) is 7.05 Å². The van der Waals surface area contributed by atoms with Crippen LogP contribution in [0.4, 0.5) is 8.78 Å². The van der Waals surface area contributed by atoms with Gasteiger partial charge in [-0.1, -0.05) is 30.3 Å². The Kier molecular flexibility index (Phi) is 7.06. The molecule has 2 N–H and O–H groups in total. The molecule has 0 saturated carbocycles. The van der Waals surface area contributed by atoms with Crippen molar-refractivity contribution < 1.29 is 33.4 Å². The third-order valence-electron chi connectivity index (χ3n) is 4.88. The quantitative estimate of drug-likeness (QED) is 0.692. The smallest absolute Gasteiger partial charge is 0.377 e. The Hall–Kier alpha value is -2.55. The number of alkyl halides is 2. The van der Waals surface area contributed by atoms with E-state index >= 15 is 0 Å². The van der Waals surface area contributed by atoms with Crippen LogP contribution in [0, 0.1) is 0 Å². The molecule has 0 aromatic heterocycles. The number of aliphatic hydroxyl groups excluding tert-OH is 1. The third kappa shape index (κ3) is 5.03. The number of amides is 2. The molecular formula is C19H24F2N2O5. The SMILES string of the molecule is CN(Cc1ccccc1)C(=O)CCC(=O)N1CCC[C@H]1[C@H](O)C(F)(F)C(=O)O. The highest BCUT2D eigenvalue weighted by Crippen LogP contribution is 2.30. The van der Waals surface area contributed by atoms with Crippen LogP contribution in [0.15, 0.2) is 30.3 Å². The number of nitrogens with zero attached hydrogens (tertiary/aromatic N) is 2. The summed E-state index contributed by atoms with van der Waals surface area (Å²) in [7, 11) is 1.61. The maximum Gasteiger partial charge on any atom is 0.377 e. The number of hydrogen-bond donors (Lipinski definition) is 2. The minimum Gasteiger partial charge on any atom is -0.477 e. The van der Waals surface area contributed by atoms with Crippen molar-refractivity contribution in [2.45, 2.75) is 50.3 Å². The van der Waals surface area contributed by atoms with Gasteiger partial charge in [0.15, 0.2) is 0 Å². The molecule has 2 rings (SSSR count). The first-order chi connectivity index (χ1) is 13.1. The molecule has 1 aromatic rings. The van der Waals surface area contributed by atoms with Gasteiger partial charge in [0.1, 0.15) is 6.10 Å². The minimum absolute atomic E-state index is 0.0810. The van der Waals surface area contributed by atoms with Crippen LogP contribution >= 0.6 is 0 Å². The summed E-state index contributed by atoms with van der Waals surface area (Å²) < 4.78 is 27.2. The van der Waals surface area contributed by atoms with Crippen LogP contribution < -0.4 is 0 Å². The van der Waals surface area contributed by atoms with Crippen LogP contribution in [0.1, 0.15) is 31.2 Å². The summed E-state index contributed by atoms with van der Waals surface area (Å²) in [6, 6.07) is 8.02. The summed E-state index contributed by atoms with van der Waals surface area (Å²) in [5.74, 6) is -7.61. The maximum absolute atomic E-state index is 13.6. The number of likely N-dealkylation sites (tertiary alicyclic amines) is 1. The second-order valence-corrected chi connectivity index (χ2v) is 6.91. The van der Waals surface area contributed by atoms with Crippen LogP contribution in [0.25, 0.3) is 0 Å². The summed E-state index contributed by atoms with van der Waals surface area (Å²) in [6.07, 6.45) is -2.33. The first kappa shape index (κ1) is 21.7. The van der Waals surface area contributed by atoms with Gasteiger partial charge >= 0.3 is 11.9 Å². The molecule has 1 fully saturated rings. The predicted octanol–water partition coefficient (Wildman–Crippen LogP) is 1.50. The average molecular weight is 398 g/mol. The molecule has 9 heteroatoms. The number of benzene rings is 1. The van der Waals surface area contributed by atoms with Crippen molar-refractivity contribution >= 4 is 17.8 Å². The molecule has 0 unspecified atom stereocenters. The highest BCUT2D eigenvalue weighted by atomic mass is 19.3. The van der Waals surface area contributed by atoms with Gasteiger partial charge in [-0.2, -0.15) is 8.78 Å². The number of carbonyl (C=O) groups is 3. The van der Waals surface area contributed by atoms with E-state index in [4.69, 9.17) is 5.11 Å². The van der Waals surface area contributed by atoms with Crippen molar-refractivity contribution in [2.75, 3.05) is 13.6 Å². The monoisotopic (exact) mass is 398 g/mol. The van der Waals surface area contributed by atoms with E-state index in [9.17, 15) is 28.3 Å². The number of carbonyl (C=O) groups excluding carboxylic acids is 2. The van der Waals surface area contributed by atoms with Gasteiger partial charge in [-0.15, -0.1) is 0 Å². The zero-order chi connectivity index (χ0) is 20.9. The lowest BCUT2D eigenvalue weighted by Gasteiger charge is -2.31. The van der Waals surface area contributed by atoms with Gasteiger partial charge in [0.2, 0.25) is 11.8 Å². The van der Waals surface area contributed by atoms with Gasteiger partial charge in [0.05, 0.1) is 6.04 Å². The Labute approximate surface area is 161 Å². The summed E-state index contributed by atoms with van der Waals surface area (Å²) in [5.41, 5.74) is 0.934. The standard InChI is InChI=1S/C19H24F2N2O5/c1-22(12-13-6-3-2-4-7-13)15(24)9-10-16(25)23-11-5-8-14(23)17(26)19(20,21)18(27)28/h2-4,6-7,14,17,26H,5,8-12H2,1H3,(H,27,28)/t14-,17-/m0/s1. The fourth-order valence-electron chi connectivity index (χ4n) is 3.29. The van der Waals surface area contributed by atoms with Crippen LogP contribution in [-0.2, 0) is 20.9 Å². The molecule has 154 valence electrons. The molecule has 0 radical (unpaired) electrons. The van der Waals surface area contributed by atoms with E-state index in [1.807, 2.05) is 30.3 Å². The Bertz CT molecular complexity index is 714. The number of hydrogen-bond acceptors (Lipinski definition) is 4. The third-order valence-corrected chi connectivity index (χ3v) is 4.88. The molecule has 0 aliphatic carbocycles. The van der Waals surface area contributed by atoms with Crippen molar-refractivity contribution in [3.05, 3.63) is 35.9 Å². The summed E-state index contributed by atoms with van der Waals surface area (Å²) in [4.78, 5) is 37.8. The molecule has 2 amide bonds. The van der Waals surface area contributed by atoms with Crippen LogP contribution in [0.5, 0.6) is 0 Å². The fourth-order valence-corrected chi connectivity index (χ4v) is 3.29. The van der Waals surface area contributed by atoms with Crippen LogP contribution in [-0.4, -0.2) is 69.5 Å². The Morgan fingerprint density at radius 3 is 2.50 bits per heavy atom. The lowest BCUT2D eigenvalue weighted by Crippen LogP contribution is -2.53. The number of aliphatic hydroxyl groups is 1. The molecule has 1 aromatic carbocycles. The van der Waals surface area contributed by atoms with Crippen molar-refractivity contribution in [3.8, 4) is 0 Å². The lowest BCUT2D eigenvalue weighted by molar-refractivity contribution is -0.189. The second kappa shape index (κ2) is 9.09. The van der Waals surface area contributed by atoms with Crippen molar-refractivity contribution in [1.82, 2.24) is 9.80 Å². The number of aliphatic carboxylic acids is 1. The van der Waals surface area contributed by atoms with E-state index < -0.39 is 29.9 Å². The molecule has 1 aliphatic rings. The van der Waals surface area contributed by atoms with Crippen molar-refractivity contribution in [3.63, 3.8) is 0 Å². The molecule has 0 spiro atoms. The van der Waals surface area contributed by atoms with Crippen LogP contribution in [0.3, 0.4) is 0 Å². The number of carboxylic acids is 1. The highest BCUT2D eigenvalue weighted by Gasteiger charge is 2.53. The Morgan fingerprint density at radius 2 is 1.89 bits per heavy atom. The molecule has 1 aliphatic heterocycles. The summed E-state index contributed by atoms with van der Waals surface area (Å²) in [6.45, 7) is 0.522. The molecule has 0 bridgehead atoms. The number of halogens is 2. The number of rotatable bonds is 8. The van der Waals surface area contributed by atoms with E-state index in [-0.39, 0.29) is 31.7 Å². The second-order valence-electron chi connectivity index (χ2n) is 6.91. The maximum atomic E-state index is 13.6. The molecular weight excluding hydrogens is 374 g/mol. The van der Waals surface area contributed by atoms with E-state index in [2.05, 4.69) is 0 Å². The van der Waals surface area contributed by atoms with Gasteiger partial charge in [-0.3, -0.25) is 9.59 Å². The highest BCUT2D eigenvalue weighted by molar-refractivity contribution is 5.84. The largest absolute Gasteiger partial charge is 0.477 e. The normalized spacial score (nSPS) is 18.0. The van der Waals surface area contributed by atoms with Gasteiger partial charge in [-0.25, -0.2) is 4.79 Å². The Balaban J connectivity index is 1.91. The Morgan fingerprint density at radius 1 is 1.25 bits per heavy atom. The first-order valence-electron chi connectivity index (χ1n) is 9.01. The van der Waals surface area contributed by atoms with Crippen LogP contribution in [0.2, 0.25) is 0 Å². The first-order valence-corrected chi connectivity index (χ1v) is 9.01. The molecule has 28 heavy (non-hydrogen) atoms. The average Bonchev–Trinajstić information content (AvgIpc) is 3.15. The van der Waals surface area contributed by atoms with E-state index in [0.29, 0.717) is 13.0 Å². The van der Waals surface area contributed by atoms with Crippen molar-refractivity contribution in [1.29, 1.82) is 0 Å². The van der Waals surface area contributed by atoms with Gasteiger partial charge in [0.25, 0.3) is 0 Å². The van der Waals surface area contributed by atoms with Crippen molar-refractivity contribution in [2.24, 2.45) is 0 Å². The van der Waals surface area contributed by atoms with Gasteiger partial charge in [-0.05, 0) is 18.4 Å². The van der Waals surface area contributed by atoms with E-state index in [1.165, 1.54) is 4.90 Å². The molecule has 7 nitrogen and oxygen atoms in total. The molecule has 1 saturated heterocycles. The summed E-state index contributed by atoms with van der Waals surface area (Å²) in [5, 5.41) is 18.4. The summed E-state index contributed by atoms with van der Waals surface area (Å²) >= 11 is 0.